The first kappa shape index (κ1) is 25.4. The summed E-state index contributed by atoms with van der Waals surface area (Å²) >= 11 is 6.70. The monoisotopic (exact) mass is 516 g/mol. The number of methoxy groups -OCH3 is 1. The topological polar surface area (TPSA) is 79.0 Å². The van der Waals surface area contributed by atoms with Crippen LogP contribution in [0.4, 0.5) is 10.2 Å². The molecule has 1 aromatic carbocycles. The minimum Gasteiger partial charge on any atom is -0.482 e. The molecule has 5 rings (SSSR count). The molecule has 0 aliphatic carbocycles. The van der Waals surface area contributed by atoms with Gasteiger partial charge in [-0.1, -0.05) is 11.6 Å². The number of aromatic nitrogens is 5. The third kappa shape index (κ3) is 4.30. The lowest BCUT2D eigenvalue weighted by Crippen LogP contribution is -2.30. The molecule has 0 unspecified atom stereocenters. The first-order chi connectivity index (χ1) is 17.6. The summed E-state index contributed by atoms with van der Waals surface area (Å²) in [5, 5.41) is 10.8. The Morgan fingerprint density at radius 3 is 2.78 bits per heavy atom. The van der Waals surface area contributed by atoms with Gasteiger partial charge in [0.25, 0.3) is 0 Å². The summed E-state index contributed by atoms with van der Waals surface area (Å²) in [4.78, 5) is 4.58. The van der Waals surface area contributed by atoms with Crippen LogP contribution in [-0.4, -0.2) is 54.1 Å². The number of nitrogens with zero attached hydrogens (tertiary/aromatic N) is 5. The fourth-order valence-electron chi connectivity index (χ4n) is 4.72. The average Bonchev–Trinajstić information content (AvgIpc) is 3.43. The molecule has 1 aliphatic heterocycles. The summed E-state index contributed by atoms with van der Waals surface area (Å²) in [6.45, 7) is 4.48. The quantitative estimate of drug-likeness (QED) is 0.324. The van der Waals surface area contributed by atoms with E-state index in [-0.39, 0.29) is 11.9 Å². The van der Waals surface area contributed by atoms with Crippen LogP contribution < -0.4 is 10.1 Å². The van der Waals surface area contributed by atoms with Gasteiger partial charge < -0.3 is 14.8 Å². The van der Waals surface area contributed by atoms with Crippen molar-refractivity contribution >= 4 is 33.1 Å². The number of anilines is 1. The molecule has 12 heteroatoms. The lowest BCUT2D eigenvalue weighted by atomic mass is 9.47. The van der Waals surface area contributed by atoms with Crippen molar-refractivity contribution in [2.24, 2.45) is 7.05 Å². The molecule has 37 heavy (non-hydrogen) atoms. The fourth-order valence-corrected chi connectivity index (χ4v) is 5.06. The first-order valence-corrected chi connectivity index (χ1v) is 12.1. The second-order valence-electron chi connectivity index (χ2n) is 8.94. The number of fused-ring (bicyclic) bond motifs is 7. The molecule has 4 heterocycles. The molecule has 186 valence electrons. The van der Waals surface area contributed by atoms with Crippen molar-refractivity contribution in [3.8, 4) is 28.3 Å². The zero-order chi connectivity index (χ0) is 26.5. The molecular weight excluding hydrogens is 492 g/mol. The lowest BCUT2D eigenvalue weighted by molar-refractivity contribution is 0.214. The Hall–Kier alpha value is -3.30. The van der Waals surface area contributed by atoms with Crippen molar-refractivity contribution in [1.29, 1.82) is 0 Å². The molecule has 0 spiro atoms. The summed E-state index contributed by atoms with van der Waals surface area (Å²) in [5.41, 5.74) is 3.84. The minimum atomic E-state index is -1.61. The van der Waals surface area contributed by atoms with Crippen LogP contribution >= 0.6 is 11.6 Å². The molecule has 1 N–H and O–H groups in total. The summed E-state index contributed by atoms with van der Waals surface area (Å²) < 4.78 is 29.4. The van der Waals surface area contributed by atoms with Gasteiger partial charge in [0.15, 0.2) is 16.7 Å². The van der Waals surface area contributed by atoms with Gasteiger partial charge in [0, 0.05) is 55.3 Å². The Morgan fingerprint density at radius 2 is 2.05 bits per heavy atom. The first-order valence-electron chi connectivity index (χ1n) is 11.7. The van der Waals surface area contributed by atoms with Crippen LogP contribution in [0.2, 0.25) is 5.15 Å². The lowest BCUT2D eigenvalue weighted by Gasteiger charge is -2.29. The second-order valence-corrected chi connectivity index (χ2v) is 9.29. The van der Waals surface area contributed by atoms with E-state index in [0.29, 0.717) is 57.3 Å². The van der Waals surface area contributed by atoms with Gasteiger partial charge in [-0.15, -0.1) is 0 Å². The number of aryl methyl sites for hydroxylation is 2. The van der Waals surface area contributed by atoms with Gasteiger partial charge in [-0.25, -0.2) is 9.37 Å². The summed E-state index contributed by atoms with van der Waals surface area (Å²) in [7, 11) is 17.2. The maximum atomic E-state index is 14.5. The number of nitrogens with one attached hydrogen (secondary N) is 1. The van der Waals surface area contributed by atoms with Crippen LogP contribution in [0, 0.1) is 5.82 Å². The fraction of sp³-hybridized carbons (Fsp3) is 0.320. The number of pyridine rings is 1. The van der Waals surface area contributed by atoms with E-state index in [1.807, 2.05) is 19.9 Å². The molecule has 0 saturated heterocycles. The van der Waals surface area contributed by atoms with Gasteiger partial charge in [-0.3, -0.25) is 9.36 Å². The highest BCUT2D eigenvalue weighted by Crippen LogP contribution is 2.45. The van der Waals surface area contributed by atoms with E-state index >= 15 is 0 Å². The maximum absolute atomic E-state index is 14.5. The van der Waals surface area contributed by atoms with E-state index < -0.39 is 17.1 Å². The highest BCUT2D eigenvalue weighted by molar-refractivity contribution is 6.45. The van der Waals surface area contributed by atoms with E-state index in [1.165, 1.54) is 12.1 Å². The molecule has 1 atom stereocenters. The van der Waals surface area contributed by atoms with Crippen LogP contribution in [0.15, 0.2) is 36.7 Å². The number of ether oxygens (including phenoxy) is 2. The molecule has 0 fully saturated rings. The third-order valence-electron chi connectivity index (χ3n) is 6.42. The average molecular weight is 517 g/mol. The Kier molecular flexibility index (Phi) is 6.53. The predicted molar refractivity (Wildman–Crippen MR) is 142 cm³/mol. The Bertz CT molecular complexity index is 1490. The van der Waals surface area contributed by atoms with E-state index in [4.69, 9.17) is 36.8 Å². The standard InChI is InChI=1S/C25H24B2ClFN6O2/c1-5-35-22-14-8-19(24(30-10-14)31-12-36-4)37-13(2)17-9-15(29)6-7-16(17)21-18(11-34(3)32-21)25(26,27)20(22)23(28)33-35/h6-11,13H,5,12H2,1-4H3,(H,30,31)/t13-/m1/s1. The summed E-state index contributed by atoms with van der Waals surface area (Å²) in [6, 6.07) is 6.25. The van der Waals surface area contributed by atoms with E-state index in [2.05, 4.69) is 20.5 Å². The van der Waals surface area contributed by atoms with E-state index in [9.17, 15) is 4.39 Å². The highest BCUT2D eigenvalue weighted by Gasteiger charge is 2.36. The summed E-state index contributed by atoms with van der Waals surface area (Å²) in [6.07, 6.45) is 2.81. The number of benzene rings is 1. The highest BCUT2D eigenvalue weighted by atomic mass is 35.5. The van der Waals surface area contributed by atoms with E-state index in [0.717, 1.165) is 0 Å². The van der Waals surface area contributed by atoms with Crippen molar-refractivity contribution in [3.63, 3.8) is 0 Å². The third-order valence-corrected chi connectivity index (χ3v) is 6.68. The molecule has 0 saturated carbocycles. The second kappa shape index (κ2) is 9.54. The van der Waals surface area contributed by atoms with Crippen LogP contribution in [0.3, 0.4) is 0 Å². The van der Waals surface area contributed by atoms with Crippen molar-refractivity contribution in [1.82, 2.24) is 24.5 Å². The Morgan fingerprint density at radius 1 is 1.27 bits per heavy atom. The molecular formula is C25H24B2ClFN6O2. The molecule has 1 aliphatic rings. The van der Waals surface area contributed by atoms with Crippen LogP contribution in [0.5, 0.6) is 5.75 Å². The number of hydrogen-bond acceptors (Lipinski definition) is 6. The molecule has 0 amide bonds. The van der Waals surface area contributed by atoms with Crippen LogP contribution in [-0.2, 0) is 23.5 Å². The Labute approximate surface area is 221 Å². The van der Waals surface area contributed by atoms with Gasteiger partial charge in [-0.2, -0.15) is 10.2 Å². The number of rotatable bonds is 4. The zero-order valence-corrected chi connectivity index (χ0v) is 21.7. The van der Waals surface area contributed by atoms with Gasteiger partial charge >= 0.3 is 0 Å². The summed E-state index contributed by atoms with van der Waals surface area (Å²) in [5.74, 6) is 0.460. The van der Waals surface area contributed by atoms with Crippen molar-refractivity contribution < 1.29 is 13.9 Å². The molecule has 4 radical (unpaired) electrons. The van der Waals surface area contributed by atoms with Gasteiger partial charge in [0.05, 0.1) is 27.1 Å². The molecule has 2 bridgehead atoms. The van der Waals surface area contributed by atoms with Gasteiger partial charge in [0.2, 0.25) is 0 Å². The number of halogens is 2. The van der Waals surface area contributed by atoms with Crippen molar-refractivity contribution in [2.45, 2.75) is 31.7 Å². The molecule has 4 aromatic rings. The van der Waals surface area contributed by atoms with Gasteiger partial charge in [-0.05, 0) is 48.9 Å². The minimum absolute atomic E-state index is 0.158. The zero-order valence-electron chi connectivity index (χ0n) is 20.9. The van der Waals surface area contributed by atoms with Crippen molar-refractivity contribution in [3.05, 3.63) is 64.3 Å². The number of hydrogen-bond donors (Lipinski definition) is 1. The van der Waals surface area contributed by atoms with Crippen molar-refractivity contribution in [2.75, 3.05) is 19.2 Å². The largest absolute Gasteiger partial charge is 0.482 e. The predicted octanol–water partition coefficient (Wildman–Crippen LogP) is 4.17. The van der Waals surface area contributed by atoms with Crippen LogP contribution in [0.25, 0.3) is 22.5 Å². The SMILES string of the molecule is [B]C1([B])c2cn(C)nc2-c2ccc(F)cc2[C@@H](C)Oc2cc(cnc2NCOC)-c2c1c(Cl)nn2CC. The molecule has 3 aromatic heterocycles. The molecule has 8 nitrogen and oxygen atoms in total. The van der Waals surface area contributed by atoms with Gasteiger partial charge in [0.1, 0.15) is 18.7 Å². The normalized spacial score (nSPS) is 16.0. The smallest absolute Gasteiger partial charge is 0.170 e. The maximum Gasteiger partial charge on any atom is 0.170 e. The van der Waals surface area contributed by atoms with E-state index in [1.54, 1.807) is 42.0 Å². The Balaban J connectivity index is 1.88. The van der Waals surface area contributed by atoms with Crippen LogP contribution in [0.1, 0.15) is 36.6 Å².